The van der Waals surface area contributed by atoms with Gasteiger partial charge in [-0.1, -0.05) is 35.4 Å². The van der Waals surface area contributed by atoms with Crippen LogP contribution in [0.1, 0.15) is 67.7 Å². The van der Waals surface area contributed by atoms with Crippen LogP contribution in [0.2, 0.25) is 0 Å². The van der Waals surface area contributed by atoms with Gasteiger partial charge < -0.3 is 19.3 Å². The van der Waals surface area contributed by atoms with Crippen LogP contribution in [-0.4, -0.2) is 73.7 Å². The second kappa shape index (κ2) is 13.1. The van der Waals surface area contributed by atoms with Crippen molar-refractivity contribution in [1.29, 1.82) is 0 Å². The number of anilines is 1. The van der Waals surface area contributed by atoms with Gasteiger partial charge in [0.15, 0.2) is 5.82 Å². The smallest absolute Gasteiger partial charge is 0.343 e. The Labute approximate surface area is 280 Å². The van der Waals surface area contributed by atoms with Gasteiger partial charge in [-0.3, -0.25) is 14.7 Å². The highest BCUT2D eigenvalue weighted by atomic mass is 19.1. The van der Waals surface area contributed by atoms with Gasteiger partial charge in [0.25, 0.3) is 5.91 Å². The van der Waals surface area contributed by atoms with Crippen LogP contribution in [0.25, 0.3) is 0 Å². The van der Waals surface area contributed by atoms with Crippen LogP contribution in [0, 0.1) is 11.2 Å². The van der Waals surface area contributed by atoms with Crippen LogP contribution in [0.4, 0.5) is 10.2 Å². The van der Waals surface area contributed by atoms with Gasteiger partial charge in [-0.2, -0.15) is 10.1 Å². The lowest BCUT2D eigenvalue weighted by Gasteiger charge is -2.58. The van der Waals surface area contributed by atoms with Crippen LogP contribution in [0.15, 0.2) is 67.0 Å². The van der Waals surface area contributed by atoms with Crippen molar-refractivity contribution < 1.29 is 18.7 Å². The van der Waals surface area contributed by atoms with Gasteiger partial charge >= 0.3 is 6.01 Å². The number of carbonyl (C=O) groups is 1. The number of hydrogen-bond donors (Lipinski definition) is 0. The van der Waals surface area contributed by atoms with E-state index in [0.717, 1.165) is 56.9 Å². The zero-order valence-corrected chi connectivity index (χ0v) is 28.0. The molecular formula is C37H42FN7O3. The van der Waals surface area contributed by atoms with Crippen molar-refractivity contribution in [2.75, 3.05) is 24.5 Å². The van der Waals surface area contributed by atoms with Crippen molar-refractivity contribution in [3.05, 3.63) is 95.2 Å². The van der Waals surface area contributed by atoms with Gasteiger partial charge in [-0.05, 0) is 70.4 Å². The number of amides is 1. The van der Waals surface area contributed by atoms with E-state index in [1.54, 1.807) is 11.1 Å². The molecule has 7 rings (SSSR count). The minimum Gasteiger partial charge on any atom is -0.490 e. The number of pyridine rings is 1. The molecule has 2 fully saturated rings. The Kier molecular flexibility index (Phi) is 8.72. The van der Waals surface area contributed by atoms with Crippen molar-refractivity contribution in [3.8, 4) is 17.5 Å². The highest BCUT2D eigenvalue weighted by Gasteiger charge is 2.54. The number of nitrogens with zero attached hydrogens (tertiary/aromatic N) is 7. The predicted molar refractivity (Wildman–Crippen MR) is 180 cm³/mol. The Bertz CT molecular complexity index is 1770. The average molecular weight is 652 g/mol. The summed E-state index contributed by atoms with van der Waals surface area (Å²) in [5.74, 6) is 0.962. The van der Waals surface area contributed by atoms with Crippen molar-refractivity contribution in [1.82, 2.24) is 30.0 Å². The molecule has 1 spiro atoms. The van der Waals surface area contributed by atoms with Crippen LogP contribution in [-0.2, 0) is 19.5 Å². The van der Waals surface area contributed by atoms with Gasteiger partial charge in [0.2, 0.25) is 0 Å². The fourth-order valence-electron chi connectivity index (χ4n) is 7.35. The molecule has 11 heteroatoms. The van der Waals surface area contributed by atoms with E-state index >= 15 is 0 Å². The number of halogens is 1. The molecule has 48 heavy (non-hydrogen) atoms. The van der Waals surface area contributed by atoms with Crippen LogP contribution >= 0.6 is 0 Å². The fraction of sp³-hybridized carbons (Fsp3) is 0.432. The zero-order valence-electron chi connectivity index (χ0n) is 28.0. The number of carbonyl (C=O) groups excluding carboxylic acids is 1. The third kappa shape index (κ3) is 6.43. The lowest BCUT2D eigenvalue weighted by molar-refractivity contribution is -0.0354. The summed E-state index contributed by atoms with van der Waals surface area (Å²) in [7, 11) is 0. The summed E-state index contributed by atoms with van der Waals surface area (Å²) < 4.78 is 26.7. The number of aromatic nitrogens is 4. The largest absolute Gasteiger partial charge is 0.490 e. The first-order valence-corrected chi connectivity index (χ1v) is 16.8. The van der Waals surface area contributed by atoms with Crippen molar-refractivity contribution in [2.24, 2.45) is 5.41 Å². The van der Waals surface area contributed by atoms with E-state index < -0.39 is 5.82 Å². The van der Waals surface area contributed by atoms with E-state index in [1.807, 2.05) is 33.0 Å². The van der Waals surface area contributed by atoms with Gasteiger partial charge in [0, 0.05) is 68.4 Å². The molecule has 3 aliphatic rings. The van der Waals surface area contributed by atoms with Crippen molar-refractivity contribution in [2.45, 2.75) is 78.2 Å². The third-order valence-corrected chi connectivity index (χ3v) is 9.92. The lowest BCUT2D eigenvalue weighted by Crippen LogP contribution is -2.65. The maximum atomic E-state index is 14.2. The Hall–Kier alpha value is -4.64. The maximum Gasteiger partial charge on any atom is 0.343 e. The molecule has 0 radical (unpaired) electrons. The zero-order chi connectivity index (χ0) is 33.4. The molecule has 1 atom stereocenters. The minimum absolute atomic E-state index is 0.00890. The van der Waals surface area contributed by atoms with E-state index in [9.17, 15) is 9.18 Å². The van der Waals surface area contributed by atoms with Gasteiger partial charge in [-0.25, -0.2) is 4.39 Å². The molecular weight excluding hydrogens is 609 g/mol. The predicted octanol–water partition coefficient (Wildman–Crippen LogP) is 6.06. The Morgan fingerprint density at radius 3 is 2.65 bits per heavy atom. The molecule has 10 nitrogen and oxygen atoms in total. The number of fused-ring (bicyclic) bond motifs is 1. The molecule has 0 bridgehead atoms. The molecule has 2 aromatic heterocycles. The van der Waals surface area contributed by atoms with E-state index in [0.29, 0.717) is 18.4 Å². The Morgan fingerprint density at radius 2 is 1.90 bits per heavy atom. The molecule has 1 aliphatic carbocycles. The fourth-order valence-corrected chi connectivity index (χ4v) is 7.35. The Morgan fingerprint density at radius 1 is 1.10 bits per heavy atom. The molecule has 1 amide bonds. The SMILES string of the molecule is CCN(C(=O)c1cc(F)ccc1Oc1nncc(N2CC3(CC(Oc4ccnc5c4CN(Cc4ccccc4)C(C)C5)C3)C2)n1)C(C)C. The molecule has 1 saturated heterocycles. The van der Waals surface area contributed by atoms with E-state index in [4.69, 9.17) is 14.5 Å². The number of hydrogen-bond acceptors (Lipinski definition) is 9. The van der Waals surface area contributed by atoms with E-state index in [-0.39, 0.29) is 40.8 Å². The van der Waals surface area contributed by atoms with Crippen molar-refractivity contribution >= 4 is 11.7 Å². The quantitative estimate of drug-likeness (QED) is 0.203. The second-order valence-electron chi connectivity index (χ2n) is 13.7. The molecule has 2 aliphatic heterocycles. The topological polar surface area (TPSA) is 96.8 Å². The lowest BCUT2D eigenvalue weighted by atomic mass is 9.62. The summed E-state index contributed by atoms with van der Waals surface area (Å²) in [6.07, 6.45) is 6.51. The summed E-state index contributed by atoms with van der Waals surface area (Å²) in [6, 6.07) is 16.9. The van der Waals surface area contributed by atoms with E-state index in [1.165, 1.54) is 29.3 Å². The summed E-state index contributed by atoms with van der Waals surface area (Å²) in [5, 5.41) is 8.15. The first-order chi connectivity index (χ1) is 23.2. The maximum absolute atomic E-state index is 14.2. The summed E-state index contributed by atoms with van der Waals surface area (Å²) >= 11 is 0. The summed E-state index contributed by atoms with van der Waals surface area (Å²) in [4.78, 5) is 28.8. The molecule has 0 N–H and O–H groups in total. The number of benzene rings is 2. The normalized spacial score (nSPS) is 18.6. The summed E-state index contributed by atoms with van der Waals surface area (Å²) in [6.45, 7) is 11.9. The minimum atomic E-state index is -0.518. The highest BCUT2D eigenvalue weighted by molar-refractivity contribution is 5.97. The first-order valence-electron chi connectivity index (χ1n) is 16.8. The molecule has 2 aromatic carbocycles. The second-order valence-corrected chi connectivity index (χ2v) is 13.7. The van der Waals surface area contributed by atoms with Gasteiger partial charge in [0.1, 0.15) is 23.4 Å². The van der Waals surface area contributed by atoms with Gasteiger partial charge in [0.05, 0.1) is 17.5 Å². The van der Waals surface area contributed by atoms with Crippen LogP contribution in [0.5, 0.6) is 17.5 Å². The molecule has 4 heterocycles. The third-order valence-electron chi connectivity index (χ3n) is 9.92. The van der Waals surface area contributed by atoms with Crippen molar-refractivity contribution in [3.63, 3.8) is 0 Å². The standard InChI is InChI=1S/C37H42FN7O3/c1-5-45(24(2)3)35(46)29-16-27(38)11-12-32(29)48-36-41-34(19-40-42-36)44-22-37(23-44)17-28(18-37)47-33-13-14-39-31-15-25(4)43(21-30(31)33)20-26-9-7-6-8-10-26/h6-14,16,19,24-25,28H,5,15,17-18,20-23H2,1-4H3. The first kappa shape index (κ1) is 31.9. The monoisotopic (exact) mass is 651 g/mol. The Balaban J connectivity index is 0.966. The van der Waals surface area contributed by atoms with Crippen LogP contribution < -0.4 is 14.4 Å². The highest BCUT2D eigenvalue weighted by Crippen LogP contribution is 2.51. The van der Waals surface area contributed by atoms with Gasteiger partial charge in [-0.15, -0.1) is 0 Å². The van der Waals surface area contributed by atoms with E-state index in [2.05, 4.69) is 62.2 Å². The number of ether oxygens (including phenoxy) is 2. The molecule has 250 valence electrons. The molecule has 4 aromatic rings. The van der Waals surface area contributed by atoms with Crippen LogP contribution in [0.3, 0.4) is 0 Å². The molecule has 1 saturated carbocycles. The number of rotatable bonds is 10. The average Bonchev–Trinajstić information content (AvgIpc) is 3.03. The molecule has 1 unspecified atom stereocenters. The summed E-state index contributed by atoms with van der Waals surface area (Å²) in [5.41, 5.74) is 3.96.